The van der Waals surface area contributed by atoms with Crippen molar-refractivity contribution < 1.29 is 14.0 Å². The van der Waals surface area contributed by atoms with Crippen LogP contribution in [0.4, 0.5) is 11.4 Å². The number of nitrogens with one attached hydrogen (secondary N) is 1. The van der Waals surface area contributed by atoms with Crippen LogP contribution < -0.4 is 10.2 Å². The highest BCUT2D eigenvalue weighted by Crippen LogP contribution is 2.36. The number of furan rings is 1. The zero-order valence-electron chi connectivity index (χ0n) is 18.8. The Labute approximate surface area is 213 Å². The first-order valence-corrected chi connectivity index (χ1v) is 12.1. The molecule has 4 rings (SSSR count). The van der Waals surface area contributed by atoms with Gasteiger partial charge in [-0.05, 0) is 42.5 Å². The van der Waals surface area contributed by atoms with E-state index in [4.69, 9.17) is 39.2 Å². The van der Waals surface area contributed by atoms with Gasteiger partial charge in [0.1, 0.15) is 5.76 Å². The van der Waals surface area contributed by atoms with Gasteiger partial charge in [0.05, 0.1) is 21.4 Å². The summed E-state index contributed by atoms with van der Waals surface area (Å²) in [5.41, 5.74) is 1.94. The second-order valence-corrected chi connectivity index (χ2v) is 9.60. The molecular weight excluding hydrogens is 497 g/mol. The van der Waals surface area contributed by atoms with Crippen LogP contribution in [0.15, 0.2) is 52.9 Å². The lowest BCUT2D eigenvalue weighted by Crippen LogP contribution is -2.50. The Kier molecular flexibility index (Phi) is 7.41. The Morgan fingerprint density at radius 1 is 0.941 bits per heavy atom. The van der Waals surface area contributed by atoms with E-state index in [9.17, 15) is 9.59 Å². The first-order valence-electron chi connectivity index (χ1n) is 10.9. The fourth-order valence-electron chi connectivity index (χ4n) is 3.93. The highest BCUT2D eigenvalue weighted by Gasteiger charge is 2.26. The minimum atomic E-state index is -0.409. The van der Waals surface area contributed by atoms with Crippen molar-refractivity contribution in [2.75, 3.05) is 36.4 Å². The van der Waals surface area contributed by atoms with E-state index in [0.29, 0.717) is 58.3 Å². The monoisotopic (exact) mass is 519 g/mol. The number of amides is 2. The van der Waals surface area contributed by atoms with Gasteiger partial charge < -0.3 is 19.5 Å². The topological polar surface area (TPSA) is 65.8 Å². The molecule has 2 heterocycles. The number of piperazine rings is 1. The molecule has 0 spiro atoms. The van der Waals surface area contributed by atoms with Crippen LogP contribution in [0.25, 0.3) is 11.3 Å². The van der Waals surface area contributed by atoms with Gasteiger partial charge in [0, 0.05) is 42.7 Å². The van der Waals surface area contributed by atoms with E-state index in [1.807, 2.05) is 18.7 Å². The van der Waals surface area contributed by atoms with Gasteiger partial charge in [0.2, 0.25) is 5.91 Å². The zero-order chi connectivity index (χ0) is 24.4. The highest BCUT2D eigenvalue weighted by atomic mass is 35.5. The van der Waals surface area contributed by atoms with Gasteiger partial charge in [-0.25, -0.2) is 0 Å². The normalized spacial score (nSPS) is 13.9. The van der Waals surface area contributed by atoms with E-state index < -0.39 is 5.91 Å². The molecule has 0 unspecified atom stereocenters. The molecule has 0 atom stereocenters. The molecule has 9 heteroatoms. The number of hydrogen-bond donors (Lipinski definition) is 1. The number of rotatable bonds is 5. The molecular formula is C25H24Cl3N3O3. The Hall–Kier alpha value is -2.67. The molecule has 1 aliphatic rings. The molecule has 0 bridgehead atoms. The summed E-state index contributed by atoms with van der Waals surface area (Å²) in [5.74, 6) is 0.293. The number of benzene rings is 2. The minimum absolute atomic E-state index is 0.0392. The van der Waals surface area contributed by atoms with Crippen molar-refractivity contribution in [1.82, 2.24) is 4.90 Å². The van der Waals surface area contributed by atoms with Crippen LogP contribution in [0.3, 0.4) is 0 Å². The van der Waals surface area contributed by atoms with E-state index in [0.717, 1.165) is 5.69 Å². The average molecular weight is 521 g/mol. The van der Waals surface area contributed by atoms with Gasteiger partial charge in [-0.3, -0.25) is 9.59 Å². The van der Waals surface area contributed by atoms with Crippen LogP contribution >= 0.6 is 34.8 Å². The third-order valence-corrected chi connectivity index (χ3v) is 6.52. The van der Waals surface area contributed by atoms with Gasteiger partial charge in [0.15, 0.2) is 5.76 Å². The molecule has 34 heavy (non-hydrogen) atoms. The summed E-state index contributed by atoms with van der Waals surface area (Å²) < 4.78 is 5.77. The number of halogens is 3. The van der Waals surface area contributed by atoms with Crippen molar-refractivity contribution in [3.8, 4) is 11.3 Å². The van der Waals surface area contributed by atoms with Crippen LogP contribution in [0, 0.1) is 5.92 Å². The molecule has 0 radical (unpaired) electrons. The quantitative estimate of drug-likeness (QED) is 0.419. The molecule has 178 valence electrons. The van der Waals surface area contributed by atoms with Crippen LogP contribution in [0.5, 0.6) is 0 Å². The number of para-hydroxylation sites is 1. The maximum absolute atomic E-state index is 13.0. The molecule has 2 aromatic carbocycles. The van der Waals surface area contributed by atoms with Crippen molar-refractivity contribution in [2.45, 2.75) is 13.8 Å². The van der Waals surface area contributed by atoms with Gasteiger partial charge in [-0.1, -0.05) is 54.7 Å². The van der Waals surface area contributed by atoms with E-state index >= 15 is 0 Å². The molecule has 1 N–H and O–H groups in total. The number of nitrogens with zero attached hydrogens (tertiary/aromatic N) is 2. The van der Waals surface area contributed by atoms with Crippen LogP contribution in [0.2, 0.25) is 15.1 Å². The summed E-state index contributed by atoms with van der Waals surface area (Å²) in [4.78, 5) is 29.3. The highest BCUT2D eigenvalue weighted by molar-refractivity contribution is 6.36. The van der Waals surface area contributed by atoms with E-state index in [1.54, 1.807) is 48.5 Å². The minimum Gasteiger partial charge on any atom is -0.451 e. The van der Waals surface area contributed by atoms with Crippen molar-refractivity contribution in [3.05, 3.63) is 69.4 Å². The lowest BCUT2D eigenvalue weighted by atomic mass is 10.1. The maximum Gasteiger partial charge on any atom is 0.291 e. The van der Waals surface area contributed by atoms with Crippen molar-refractivity contribution in [2.24, 2.45) is 5.92 Å². The molecule has 1 aromatic heterocycles. The van der Waals surface area contributed by atoms with E-state index in [1.165, 1.54) is 0 Å². The number of carbonyl (C=O) groups is 2. The van der Waals surface area contributed by atoms with Gasteiger partial charge >= 0.3 is 0 Å². The third-order valence-electron chi connectivity index (χ3n) is 5.66. The summed E-state index contributed by atoms with van der Waals surface area (Å²) in [5, 5.41) is 4.38. The van der Waals surface area contributed by atoms with Gasteiger partial charge in [-0.15, -0.1) is 0 Å². The Bertz CT molecular complexity index is 1220. The molecule has 6 nitrogen and oxygen atoms in total. The first-order chi connectivity index (χ1) is 16.2. The lowest BCUT2D eigenvalue weighted by molar-refractivity contribution is -0.134. The summed E-state index contributed by atoms with van der Waals surface area (Å²) in [6.45, 7) is 6.22. The maximum atomic E-state index is 13.0. The molecule has 2 amide bonds. The lowest BCUT2D eigenvalue weighted by Gasteiger charge is -2.38. The number of carbonyl (C=O) groups excluding carboxylic acids is 2. The summed E-state index contributed by atoms with van der Waals surface area (Å²) in [7, 11) is 0. The molecule has 3 aromatic rings. The summed E-state index contributed by atoms with van der Waals surface area (Å²) in [6, 6.07) is 13.7. The summed E-state index contributed by atoms with van der Waals surface area (Å²) in [6.07, 6.45) is 0. The molecule has 0 aliphatic carbocycles. The second kappa shape index (κ2) is 10.3. The van der Waals surface area contributed by atoms with Crippen LogP contribution in [-0.2, 0) is 4.79 Å². The fraction of sp³-hybridized carbons (Fsp3) is 0.280. The SMILES string of the molecule is CC(C)C(=O)N1CCN(c2c(Cl)cccc2NC(=O)c2ccc(-c3ccc(Cl)cc3Cl)o2)CC1. The molecule has 1 saturated heterocycles. The third kappa shape index (κ3) is 5.19. The Balaban J connectivity index is 1.51. The average Bonchev–Trinajstić information content (AvgIpc) is 3.29. The standard InChI is InChI=1S/C25H24Cl3N3O3/c1-15(2)25(33)31-12-10-30(11-13-31)23-18(27)4-3-5-20(23)29-24(32)22-9-8-21(34-22)17-7-6-16(26)14-19(17)28/h3-9,14-15H,10-13H2,1-2H3,(H,29,32). The second-order valence-electron chi connectivity index (χ2n) is 8.35. The number of hydrogen-bond acceptors (Lipinski definition) is 4. The molecule has 1 fully saturated rings. The predicted octanol–water partition coefficient (Wildman–Crippen LogP) is 6.46. The van der Waals surface area contributed by atoms with E-state index in [-0.39, 0.29) is 17.6 Å². The fourth-order valence-corrected chi connectivity index (χ4v) is 4.73. The van der Waals surface area contributed by atoms with Crippen LogP contribution in [0.1, 0.15) is 24.4 Å². The van der Waals surface area contributed by atoms with Crippen molar-refractivity contribution >= 4 is 58.0 Å². The van der Waals surface area contributed by atoms with Crippen molar-refractivity contribution in [1.29, 1.82) is 0 Å². The predicted molar refractivity (Wildman–Crippen MR) is 137 cm³/mol. The largest absolute Gasteiger partial charge is 0.451 e. The summed E-state index contributed by atoms with van der Waals surface area (Å²) >= 11 is 18.8. The van der Waals surface area contributed by atoms with Gasteiger partial charge in [-0.2, -0.15) is 0 Å². The zero-order valence-corrected chi connectivity index (χ0v) is 21.0. The Morgan fingerprint density at radius 2 is 1.68 bits per heavy atom. The Morgan fingerprint density at radius 3 is 2.35 bits per heavy atom. The van der Waals surface area contributed by atoms with Crippen molar-refractivity contribution in [3.63, 3.8) is 0 Å². The smallest absolute Gasteiger partial charge is 0.291 e. The van der Waals surface area contributed by atoms with Crippen LogP contribution in [-0.4, -0.2) is 42.9 Å². The van der Waals surface area contributed by atoms with E-state index in [2.05, 4.69) is 10.2 Å². The molecule has 1 aliphatic heterocycles. The molecule has 0 saturated carbocycles. The van der Waals surface area contributed by atoms with Gasteiger partial charge in [0.25, 0.3) is 5.91 Å². The first kappa shape index (κ1) is 24.5. The number of anilines is 2.